The molecule has 0 aliphatic carbocycles. The van der Waals surface area contributed by atoms with Crippen LogP contribution in [-0.2, 0) is 11.2 Å². The summed E-state index contributed by atoms with van der Waals surface area (Å²) in [6.45, 7) is 9.30. The van der Waals surface area contributed by atoms with E-state index in [0.29, 0.717) is 18.3 Å². The molecule has 0 bridgehead atoms. The third kappa shape index (κ3) is 3.62. The molecule has 0 N–H and O–H groups in total. The first-order chi connectivity index (χ1) is 10.9. The van der Waals surface area contributed by atoms with Crippen LogP contribution in [-0.4, -0.2) is 31.6 Å². The molecule has 1 unspecified atom stereocenters. The second-order valence-corrected chi connectivity index (χ2v) is 7.03. The third-order valence-corrected chi connectivity index (χ3v) is 4.46. The van der Waals surface area contributed by atoms with E-state index >= 15 is 0 Å². The summed E-state index contributed by atoms with van der Waals surface area (Å²) < 4.78 is 10.9. The van der Waals surface area contributed by atoms with Gasteiger partial charge in [0, 0.05) is 13.0 Å². The minimum absolute atomic E-state index is 0.102. The molecule has 4 heteroatoms. The van der Waals surface area contributed by atoms with Crippen molar-refractivity contribution in [2.75, 3.05) is 20.8 Å². The van der Waals surface area contributed by atoms with Crippen molar-refractivity contribution in [3.63, 3.8) is 0 Å². The Balaban J connectivity index is 2.43. The molecule has 0 spiro atoms. The van der Waals surface area contributed by atoms with Gasteiger partial charge in [0.2, 0.25) is 5.91 Å². The van der Waals surface area contributed by atoms with Gasteiger partial charge in [-0.1, -0.05) is 27.7 Å². The number of fused-ring (bicyclic) bond motifs is 1. The smallest absolute Gasteiger partial charge is 0.223 e. The fourth-order valence-corrected chi connectivity index (χ4v) is 3.44. The highest BCUT2D eigenvalue weighted by atomic mass is 16.5. The molecule has 0 fully saturated rings. The highest BCUT2D eigenvalue weighted by molar-refractivity contribution is 5.77. The van der Waals surface area contributed by atoms with E-state index in [1.54, 1.807) is 14.2 Å². The largest absolute Gasteiger partial charge is 0.493 e. The maximum absolute atomic E-state index is 12.7. The van der Waals surface area contributed by atoms with Crippen LogP contribution in [0.3, 0.4) is 0 Å². The molecule has 128 valence electrons. The van der Waals surface area contributed by atoms with Crippen LogP contribution in [0.15, 0.2) is 12.1 Å². The quantitative estimate of drug-likeness (QED) is 0.828. The standard InChI is InChI=1S/C19H29NO3/c1-12(2)9-18(21)20-8-7-14-10-16(22-5)17(23-6)11-15(14)19(20)13(3)4/h10-13,19H,7-9H2,1-6H3. The predicted octanol–water partition coefficient (Wildman–Crippen LogP) is 3.83. The topological polar surface area (TPSA) is 38.8 Å². The van der Waals surface area contributed by atoms with Gasteiger partial charge in [0.15, 0.2) is 11.5 Å². The highest BCUT2D eigenvalue weighted by Crippen LogP contribution is 2.41. The zero-order valence-corrected chi connectivity index (χ0v) is 15.2. The Bertz CT molecular complexity index is 566. The first kappa shape index (κ1) is 17.6. The Hall–Kier alpha value is -1.71. The molecule has 1 aliphatic rings. The molecule has 0 aromatic heterocycles. The fourth-order valence-electron chi connectivity index (χ4n) is 3.44. The van der Waals surface area contributed by atoms with Crippen molar-refractivity contribution in [3.05, 3.63) is 23.3 Å². The number of rotatable bonds is 5. The Kier molecular flexibility index (Phi) is 5.55. The molecule has 1 aromatic carbocycles. The summed E-state index contributed by atoms with van der Waals surface area (Å²) in [6.07, 6.45) is 1.47. The molecule has 2 rings (SSSR count). The number of ether oxygens (including phenoxy) is 2. The second kappa shape index (κ2) is 7.24. The van der Waals surface area contributed by atoms with E-state index in [9.17, 15) is 4.79 Å². The summed E-state index contributed by atoms with van der Waals surface area (Å²) in [4.78, 5) is 14.7. The maximum atomic E-state index is 12.7. The van der Waals surface area contributed by atoms with Gasteiger partial charge < -0.3 is 14.4 Å². The van der Waals surface area contributed by atoms with E-state index in [4.69, 9.17) is 9.47 Å². The Morgan fingerprint density at radius 1 is 1.17 bits per heavy atom. The minimum Gasteiger partial charge on any atom is -0.493 e. The lowest BCUT2D eigenvalue weighted by Gasteiger charge is -2.40. The monoisotopic (exact) mass is 319 g/mol. The van der Waals surface area contributed by atoms with Gasteiger partial charge in [-0.25, -0.2) is 0 Å². The molecule has 4 nitrogen and oxygen atoms in total. The van der Waals surface area contributed by atoms with Gasteiger partial charge in [-0.05, 0) is 41.5 Å². The lowest BCUT2D eigenvalue weighted by atomic mass is 9.85. The lowest BCUT2D eigenvalue weighted by molar-refractivity contribution is -0.136. The van der Waals surface area contributed by atoms with Gasteiger partial charge >= 0.3 is 0 Å². The Morgan fingerprint density at radius 3 is 2.30 bits per heavy atom. The molecule has 1 amide bonds. The zero-order valence-electron chi connectivity index (χ0n) is 15.2. The summed E-state index contributed by atoms with van der Waals surface area (Å²) in [5.41, 5.74) is 2.45. The lowest BCUT2D eigenvalue weighted by Crippen LogP contribution is -2.42. The SMILES string of the molecule is COc1cc2c(cc1OC)C(C(C)C)N(C(=O)CC(C)C)CC2. The number of benzene rings is 1. The molecular weight excluding hydrogens is 290 g/mol. The van der Waals surface area contributed by atoms with Crippen LogP contribution in [0.5, 0.6) is 11.5 Å². The van der Waals surface area contributed by atoms with E-state index in [1.807, 2.05) is 6.07 Å². The van der Waals surface area contributed by atoms with Crippen molar-refractivity contribution < 1.29 is 14.3 Å². The van der Waals surface area contributed by atoms with Crippen LogP contribution >= 0.6 is 0 Å². The summed E-state index contributed by atoms with van der Waals surface area (Å²) >= 11 is 0. The van der Waals surface area contributed by atoms with Crippen molar-refractivity contribution >= 4 is 5.91 Å². The molecular formula is C19H29NO3. The Labute approximate surface area is 139 Å². The average Bonchev–Trinajstić information content (AvgIpc) is 2.51. The van der Waals surface area contributed by atoms with E-state index < -0.39 is 0 Å². The van der Waals surface area contributed by atoms with Crippen LogP contribution in [0, 0.1) is 11.8 Å². The Morgan fingerprint density at radius 2 is 1.78 bits per heavy atom. The van der Waals surface area contributed by atoms with Crippen LogP contribution in [0.1, 0.15) is 51.3 Å². The molecule has 0 saturated carbocycles. The number of hydrogen-bond acceptors (Lipinski definition) is 3. The fraction of sp³-hybridized carbons (Fsp3) is 0.632. The first-order valence-electron chi connectivity index (χ1n) is 8.43. The van der Waals surface area contributed by atoms with Crippen molar-refractivity contribution in [2.24, 2.45) is 11.8 Å². The molecule has 0 saturated heterocycles. The van der Waals surface area contributed by atoms with E-state index in [2.05, 4.69) is 38.7 Å². The number of carbonyl (C=O) groups excluding carboxylic acids is 1. The highest BCUT2D eigenvalue weighted by Gasteiger charge is 2.33. The van der Waals surface area contributed by atoms with Crippen LogP contribution in [0.2, 0.25) is 0 Å². The maximum Gasteiger partial charge on any atom is 0.223 e. The molecule has 1 atom stereocenters. The van der Waals surface area contributed by atoms with Gasteiger partial charge in [0.1, 0.15) is 0 Å². The predicted molar refractivity (Wildman–Crippen MR) is 92.0 cm³/mol. The number of carbonyl (C=O) groups is 1. The van der Waals surface area contributed by atoms with Crippen molar-refractivity contribution in [2.45, 2.75) is 46.6 Å². The molecule has 1 heterocycles. The second-order valence-electron chi connectivity index (χ2n) is 7.03. The summed E-state index contributed by atoms with van der Waals surface area (Å²) in [5.74, 6) is 2.47. The van der Waals surface area contributed by atoms with Crippen LogP contribution in [0.25, 0.3) is 0 Å². The summed E-state index contributed by atoms with van der Waals surface area (Å²) in [5, 5.41) is 0. The summed E-state index contributed by atoms with van der Waals surface area (Å²) in [7, 11) is 3.31. The van der Waals surface area contributed by atoms with Gasteiger partial charge in [0.25, 0.3) is 0 Å². The first-order valence-corrected chi connectivity index (χ1v) is 8.43. The summed E-state index contributed by atoms with van der Waals surface area (Å²) in [6, 6.07) is 4.21. The van der Waals surface area contributed by atoms with Gasteiger partial charge in [-0.3, -0.25) is 4.79 Å². The molecule has 1 aromatic rings. The van der Waals surface area contributed by atoms with Crippen molar-refractivity contribution in [1.82, 2.24) is 4.90 Å². The normalized spacial score (nSPS) is 17.4. The average molecular weight is 319 g/mol. The van der Waals surface area contributed by atoms with Gasteiger partial charge in [-0.15, -0.1) is 0 Å². The van der Waals surface area contributed by atoms with Crippen LogP contribution in [0.4, 0.5) is 0 Å². The van der Waals surface area contributed by atoms with Crippen molar-refractivity contribution in [1.29, 1.82) is 0 Å². The zero-order chi connectivity index (χ0) is 17.1. The van der Waals surface area contributed by atoms with E-state index in [1.165, 1.54) is 11.1 Å². The number of nitrogens with zero attached hydrogens (tertiary/aromatic N) is 1. The van der Waals surface area contributed by atoms with Gasteiger partial charge in [0.05, 0.1) is 20.3 Å². The minimum atomic E-state index is 0.102. The number of amides is 1. The molecule has 23 heavy (non-hydrogen) atoms. The third-order valence-electron chi connectivity index (χ3n) is 4.46. The van der Waals surface area contributed by atoms with E-state index in [0.717, 1.165) is 24.5 Å². The molecule has 1 aliphatic heterocycles. The number of hydrogen-bond donors (Lipinski definition) is 0. The van der Waals surface area contributed by atoms with E-state index in [-0.39, 0.29) is 11.9 Å². The van der Waals surface area contributed by atoms with Gasteiger partial charge in [-0.2, -0.15) is 0 Å². The molecule has 0 radical (unpaired) electrons. The number of methoxy groups -OCH3 is 2. The van der Waals surface area contributed by atoms with Crippen molar-refractivity contribution in [3.8, 4) is 11.5 Å². The van der Waals surface area contributed by atoms with Crippen LogP contribution < -0.4 is 9.47 Å².